The summed E-state index contributed by atoms with van der Waals surface area (Å²) in [4.78, 5) is 21.1. The smallest absolute Gasteiger partial charge is 0.166 e. The Morgan fingerprint density at radius 2 is 2.00 bits per heavy atom. The molecule has 1 heterocycles. The van der Waals surface area contributed by atoms with Gasteiger partial charge in [-0.25, -0.2) is 9.97 Å². The van der Waals surface area contributed by atoms with Gasteiger partial charge in [0.2, 0.25) is 0 Å². The van der Waals surface area contributed by atoms with Gasteiger partial charge in [0.05, 0.1) is 16.3 Å². The highest BCUT2D eigenvalue weighted by atomic mass is 79.9. The molecular weight excluding hydrogens is 352 g/mol. The van der Waals surface area contributed by atoms with Crippen molar-refractivity contribution in [2.45, 2.75) is 26.7 Å². The monoisotopic (exact) mass is 364 g/mol. The number of hydrogen-bond donors (Lipinski definition) is 0. The maximum atomic E-state index is 12.1. The van der Waals surface area contributed by atoms with Crippen LogP contribution >= 0.6 is 27.5 Å². The summed E-state index contributed by atoms with van der Waals surface area (Å²) in [6, 6.07) is 5.60. The number of benzene rings is 1. The summed E-state index contributed by atoms with van der Waals surface area (Å²) in [6.45, 7) is 4.17. The van der Waals surface area contributed by atoms with Crippen molar-refractivity contribution >= 4 is 33.3 Å². The van der Waals surface area contributed by atoms with Crippen LogP contribution < -0.4 is 0 Å². The molecule has 1 aromatic carbocycles. The fourth-order valence-electron chi connectivity index (χ4n) is 2.63. The molecule has 1 aromatic heterocycles. The van der Waals surface area contributed by atoms with Crippen LogP contribution in [0.3, 0.4) is 0 Å². The average Bonchev–Trinajstić information content (AvgIpc) is 2.36. The van der Waals surface area contributed by atoms with E-state index in [-0.39, 0.29) is 11.2 Å². The van der Waals surface area contributed by atoms with Crippen LogP contribution in [0.4, 0.5) is 0 Å². The number of aromatic nitrogens is 2. The molecule has 0 fully saturated rings. The number of hydrogen-bond acceptors (Lipinski definition) is 3. The van der Waals surface area contributed by atoms with Crippen molar-refractivity contribution in [1.82, 2.24) is 9.97 Å². The zero-order valence-electron chi connectivity index (χ0n) is 11.8. The van der Waals surface area contributed by atoms with E-state index in [2.05, 4.69) is 39.7 Å². The first kappa shape index (κ1) is 14.7. The molecule has 0 amide bonds. The fraction of sp³-hybridized carbons (Fsp3) is 0.312. The SMILES string of the molecule is CC1(C)CC(=O)c2cnc(-c3ccc(Br)cc3Cl)nc2C1. The number of ketones is 1. The first-order valence-corrected chi connectivity index (χ1v) is 7.87. The summed E-state index contributed by atoms with van der Waals surface area (Å²) < 4.78 is 0.908. The molecule has 0 saturated carbocycles. The van der Waals surface area contributed by atoms with E-state index in [1.165, 1.54) is 0 Å². The number of carbonyl (C=O) groups excluding carboxylic acids is 1. The molecule has 0 spiro atoms. The van der Waals surface area contributed by atoms with E-state index in [0.717, 1.165) is 22.2 Å². The van der Waals surface area contributed by atoms with Crippen molar-refractivity contribution in [2.24, 2.45) is 5.41 Å². The number of nitrogens with zero attached hydrogens (tertiary/aromatic N) is 2. The number of rotatable bonds is 1. The second-order valence-electron chi connectivity index (χ2n) is 6.12. The van der Waals surface area contributed by atoms with Crippen LogP contribution in [-0.4, -0.2) is 15.8 Å². The lowest BCUT2D eigenvalue weighted by atomic mass is 9.76. The second-order valence-corrected chi connectivity index (χ2v) is 7.44. The van der Waals surface area contributed by atoms with Crippen molar-refractivity contribution in [3.8, 4) is 11.4 Å². The lowest BCUT2D eigenvalue weighted by molar-refractivity contribution is 0.0910. The molecule has 0 bridgehead atoms. The number of carbonyl (C=O) groups is 1. The normalized spacial score (nSPS) is 16.7. The Labute approximate surface area is 136 Å². The van der Waals surface area contributed by atoms with E-state index in [9.17, 15) is 4.79 Å². The number of halogens is 2. The number of Topliss-reactive ketones (excluding diaryl/α,β-unsaturated/α-hetero) is 1. The minimum absolute atomic E-state index is 0.0563. The van der Waals surface area contributed by atoms with Gasteiger partial charge in [0.1, 0.15) is 0 Å². The summed E-state index contributed by atoms with van der Waals surface area (Å²) in [5.74, 6) is 0.687. The lowest BCUT2D eigenvalue weighted by Gasteiger charge is -2.29. The molecule has 0 radical (unpaired) electrons. The van der Waals surface area contributed by atoms with E-state index in [1.807, 2.05) is 18.2 Å². The predicted molar refractivity (Wildman–Crippen MR) is 86.6 cm³/mol. The third-order valence-corrected chi connectivity index (χ3v) is 4.43. The molecule has 1 aliphatic carbocycles. The number of fused-ring (bicyclic) bond motifs is 1. The highest BCUT2D eigenvalue weighted by Crippen LogP contribution is 2.35. The quantitative estimate of drug-likeness (QED) is 0.734. The highest BCUT2D eigenvalue weighted by Gasteiger charge is 2.32. The van der Waals surface area contributed by atoms with E-state index in [4.69, 9.17) is 11.6 Å². The summed E-state index contributed by atoms with van der Waals surface area (Å²) in [7, 11) is 0. The van der Waals surface area contributed by atoms with E-state index in [1.54, 1.807) is 6.20 Å². The molecule has 1 aliphatic rings. The van der Waals surface area contributed by atoms with Gasteiger partial charge < -0.3 is 0 Å². The van der Waals surface area contributed by atoms with Crippen molar-refractivity contribution in [1.29, 1.82) is 0 Å². The van der Waals surface area contributed by atoms with Crippen molar-refractivity contribution in [2.75, 3.05) is 0 Å². The van der Waals surface area contributed by atoms with Gasteiger partial charge in [-0.05, 0) is 30.0 Å². The Bertz CT molecular complexity index is 743. The molecule has 5 heteroatoms. The maximum Gasteiger partial charge on any atom is 0.166 e. The fourth-order valence-corrected chi connectivity index (χ4v) is 3.39. The van der Waals surface area contributed by atoms with Crippen molar-refractivity contribution in [3.63, 3.8) is 0 Å². The lowest BCUT2D eigenvalue weighted by Crippen LogP contribution is -2.28. The largest absolute Gasteiger partial charge is 0.294 e. The molecule has 3 nitrogen and oxygen atoms in total. The summed E-state index contributed by atoms with van der Waals surface area (Å²) in [6.07, 6.45) is 2.95. The maximum absolute atomic E-state index is 12.1. The highest BCUT2D eigenvalue weighted by molar-refractivity contribution is 9.10. The van der Waals surface area contributed by atoms with Crippen LogP contribution in [-0.2, 0) is 6.42 Å². The van der Waals surface area contributed by atoms with Crippen LogP contribution in [0, 0.1) is 5.41 Å². The van der Waals surface area contributed by atoms with Gasteiger partial charge in [0.15, 0.2) is 11.6 Å². The van der Waals surface area contributed by atoms with Crippen LogP contribution in [0.1, 0.15) is 36.3 Å². The molecule has 0 saturated heterocycles. The Kier molecular flexibility index (Phi) is 3.62. The Morgan fingerprint density at radius 1 is 1.24 bits per heavy atom. The van der Waals surface area contributed by atoms with Gasteiger partial charge >= 0.3 is 0 Å². The average molecular weight is 366 g/mol. The van der Waals surface area contributed by atoms with Gasteiger partial charge in [0.25, 0.3) is 0 Å². The first-order valence-electron chi connectivity index (χ1n) is 6.70. The minimum Gasteiger partial charge on any atom is -0.294 e. The molecule has 0 aliphatic heterocycles. The zero-order chi connectivity index (χ0) is 15.2. The summed E-state index contributed by atoms with van der Waals surface area (Å²) in [5.41, 5.74) is 2.18. The molecule has 0 N–H and O–H groups in total. The van der Waals surface area contributed by atoms with Gasteiger partial charge in [-0.3, -0.25) is 4.79 Å². The third-order valence-electron chi connectivity index (χ3n) is 3.63. The van der Waals surface area contributed by atoms with Crippen LogP contribution in [0.5, 0.6) is 0 Å². The predicted octanol–water partition coefficient (Wildman–Crippen LogP) is 4.71. The molecule has 3 rings (SSSR count). The van der Waals surface area contributed by atoms with Gasteiger partial charge in [-0.1, -0.05) is 41.4 Å². The van der Waals surface area contributed by atoms with Crippen molar-refractivity contribution in [3.05, 3.63) is 45.1 Å². The Hall–Kier alpha value is -1.26. The van der Waals surface area contributed by atoms with Gasteiger partial charge in [0, 0.05) is 22.7 Å². The standard InChI is InChI=1S/C16H14BrClN2O/c1-16(2)6-13-11(14(21)7-16)8-19-15(20-13)10-4-3-9(17)5-12(10)18/h3-5,8H,6-7H2,1-2H3. The van der Waals surface area contributed by atoms with E-state index in [0.29, 0.717) is 22.8 Å². The van der Waals surface area contributed by atoms with E-state index >= 15 is 0 Å². The van der Waals surface area contributed by atoms with Crippen molar-refractivity contribution < 1.29 is 4.79 Å². The van der Waals surface area contributed by atoms with Crippen LogP contribution in [0.15, 0.2) is 28.9 Å². The Balaban J connectivity index is 2.09. The first-order chi connectivity index (χ1) is 9.85. The molecule has 21 heavy (non-hydrogen) atoms. The topological polar surface area (TPSA) is 42.9 Å². The molecule has 2 aromatic rings. The van der Waals surface area contributed by atoms with Crippen LogP contribution in [0.2, 0.25) is 5.02 Å². The molecule has 0 atom stereocenters. The van der Waals surface area contributed by atoms with Gasteiger partial charge in [-0.15, -0.1) is 0 Å². The molecular formula is C16H14BrClN2O. The Morgan fingerprint density at radius 3 is 2.71 bits per heavy atom. The van der Waals surface area contributed by atoms with E-state index < -0.39 is 0 Å². The minimum atomic E-state index is -0.0563. The third kappa shape index (κ3) is 2.87. The molecule has 108 valence electrons. The van der Waals surface area contributed by atoms with Crippen LogP contribution in [0.25, 0.3) is 11.4 Å². The summed E-state index contributed by atoms with van der Waals surface area (Å²) in [5, 5.41) is 0.589. The zero-order valence-corrected chi connectivity index (χ0v) is 14.1. The molecule has 0 unspecified atom stereocenters. The second kappa shape index (κ2) is 5.18. The van der Waals surface area contributed by atoms with Gasteiger partial charge in [-0.2, -0.15) is 0 Å². The summed E-state index contributed by atoms with van der Waals surface area (Å²) >= 11 is 9.64.